The van der Waals surface area contributed by atoms with Gasteiger partial charge >= 0.3 is 13.1 Å². The normalized spacial score (nSPS) is 19.7. The molecule has 0 amide bonds. The lowest BCUT2D eigenvalue weighted by molar-refractivity contribution is 0.00578. The second kappa shape index (κ2) is 6.47. The number of hydrogen-bond donors (Lipinski definition) is 1. The highest BCUT2D eigenvalue weighted by Crippen LogP contribution is 2.38. The minimum absolute atomic E-state index is 0.270. The van der Waals surface area contributed by atoms with E-state index in [1.807, 2.05) is 45.9 Å². The van der Waals surface area contributed by atoms with Gasteiger partial charge in [-0.15, -0.1) is 0 Å². The molecule has 0 spiro atoms. The molecule has 0 aliphatic carbocycles. The fourth-order valence-corrected chi connectivity index (χ4v) is 2.34. The van der Waals surface area contributed by atoms with Crippen molar-refractivity contribution in [1.29, 1.82) is 0 Å². The van der Waals surface area contributed by atoms with E-state index in [0.29, 0.717) is 5.56 Å². The van der Waals surface area contributed by atoms with Crippen molar-refractivity contribution >= 4 is 19.2 Å². The van der Waals surface area contributed by atoms with Crippen LogP contribution in [0.25, 0.3) is 6.08 Å². The summed E-state index contributed by atoms with van der Waals surface area (Å²) in [5.74, 6) is -0.387. The third-order valence-electron chi connectivity index (χ3n) is 4.50. The summed E-state index contributed by atoms with van der Waals surface area (Å²) >= 11 is 0. The number of ether oxygens (including phenoxy) is 1. The Morgan fingerprint density at radius 2 is 1.78 bits per heavy atom. The summed E-state index contributed by atoms with van der Waals surface area (Å²) in [6, 6.07) is 7.21. The Balaban J connectivity index is 2.36. The van der Waals surface area contributed by atoms with Crippen molar-refractivity contribution in [3.63, 3.8) is 0 Å². The summed E-state index contributed by atoms with van der Waals surface area (Å²) in [6.45, 7) is 8.23. The maximum Gasteiger partial charge on any atom is 0.491 e. The van der Waals surface area contributed by atoms with Gasteiger partial charge in [-0.2, -0.15) is 0 Å². The van der Waals surface area contributed by atoms with Gasteiger partial charge in [0.25, 0.3) is 0 Å². The Morgan fingerprint density at radius 3 is 2.30 bits per heavy atom. The lowest BCUT2D eigenvalue weighted by atomic mass is 9.77. The number of benzene rings is 1. The Labute approximate surface area is 137 Å². The third-order valence-corrected chi connectivity index (χ3v) is 4.50. The first-order chi connectivity index (χ1) is 10.7. The quantitative estimate of drug-likeness (QED) is 0.682. The van der Waals surface area contributed by atoms with E-state index in [2.05, 4.69) is 0 Å². The number of esters is 1. The number of nitrogens with two attached hydrogens (primary N) is 1. The van der Waals surface area contributed by atoms with Crippen molar-refractivity contribution in [3.8, 4) is 0 Å². The van der Waals surface area contributed by atoms with E-state index in [0.717, 1.165) is 11.0 Å². The largest absolute Gasteiger partial charge is 0.491 e. The Kier molecular flexibility index (Phi) is 4.99. The van der Waals surface area contributed by atoms with Crippen LogP contribution in [0.1, 0.15) is 43.6 Å². The maximum absolute atomic E-state index is 11.9. The molecule has 0 atom stereocenters. The van der Waals surface area contributed by atoms with Crippen molar-refractivity contribution in [2.45, 2.75) is 38.9 Å². The molecule has 0 bridgehead atoms. The molecule has 1 heterocycles. The molecule has 23 heavy (non-hydrogen) atoms. The van der Waals surface area contributed by atoms with E-state index in [1.54, 1.807) is 12.1 Å². The van der Waals surface area contributed by atoms with Crippen LogP contribution in [0.15, 0.2) is 29.7 Å². The van der Waals surface area contributed by atoms with Crippen LogP contribution in [0.2, 0.25) is 0 Å². The first-order valence-corrected chi connectivity index (χ1v) is 7.65. The van der Waals surface area contributed by atoms with Crippen molar-refractivity contribution < 1.29 is 18.8 Å². The first kappa shape index (κ1) is 17.7. The molecule has 6 heteroatoms. The van der Waals surface area contributed by atoms with Gasteiger partial charge in [0.1, 0.15) is 0 Å². The Hall–Kier alpha value is -1.63. The topological polar surface area (TPSA) is 70.8 Å². The van der Waals surface area contributed by atoms with Gasteiger partial charge in [0.2, 0.25) is 0 Å². The predicted molar refractivity (Wildman–Crippen MR) is 90.9 cm³/mol. The molecule has 5 nitrogen and oxygen atoms in total. The SMILES string of the molecule is COC(=O)c1ccccc1C=C(CN)B1OC(C)(C)C(C)(C)O1. The highest BCUT2D eigenvalue weighted by molar-refractivity contribution is 6.56. The standard InChI is InChI=1S/C17H24BNO4/c1-16(2)17(3,4)23-18(22-16)13(11-19)10-12-8-6-7-9-14(12)15(20)21-5/h6-10H,11,19H2,1-5H3. The maximum atomic E-state index is 11.9. The van der Waals surface area contributed by atoms with Gasteiger partial charge in [0.15, 0.2) is 0 Å². The van der Waals surface area contributed by atoms with Gasteiger partial charge in [-0.05, 0) is 44.8 Å². The molecule has 2 rings (SSSR count). The number of carbonyl (C=O) groups is 1. The van der Waals surface area contributed by atoms with Gasteiger partial charge in [-0.25, -0.2) is 4.79 Å². The molecule has 1 fully saturated rings. The molecule has 1 aliphatic rings. The van der Waals surface area contributed by atoms with Crippen LogP contribution >= 0.6 is 0 Å². The van der Waals surface area contributed by atoms with E-state index >= 15 is 0 Å². The van der Waals surface area contributed by atoms with Gasteiger partial charge in [0, 0.05) is 6.54 Å². The van der Waals surface area contributed by atoms with Crippen LogP contribution in [0.3, 0.4) is 0 Å². The van der Waals surface area contributed by atoms with Crippen molar-refractivity contribution in [2.75, 3.05) is 13.7 Å². The number of rotatable bonds is 4. The second-order valence-electron chi connectivity index (χ2n) is 6.59. The van der Waals surface area contributed by atoms with Crippen molar-refractivity contribution in [3.05, 3.63) is 40.9 Å². The van der Waals surface area contributed by atoms with E-state index in [1.165, 1.54) is 7.11 Å². The average molecular weight is 317 g/mol. The summed E-state index contributed by atoms with van der Waals surface area (Å²) in [4.78, 5) is 11.9. The minimum atomic E-state index is -0.532. The molecular formula is C17H24BNO4. The minimum Gasteiger partial charge on any atom is -0.465 e. The molecule has 0 aromatic heterocycles. The summed E-state index contributed by atoms with van der Waals surface area (Å²) in [6.07, 6.45) is 1.84. The van der Waals surface area contributed by atoms with Crippen molar-refractivity contribution in [1.82, 2.24) is 0 Å². The van der Waals surface area contributed by atoms with E-state index in [9.17, 15) is 4.79 Å². The van der Waals surface area contributed by atoms with Gasteiger partial charge in [0.05, 0.1) is 23.9 Å². The molecule has 1 aromatic rings. The molecule has 1 aliphatic heterocycles. The van der Waals surface area contributed by atoms with E-state index in [-0.39, 0.29) is 12.5 Å². The summed E-state index contributed by atoms with van der Waals surface area (Å²) in [5, 5.41) is 0. The Morgan fingerprint density at radius 1 is 1.22 bits per heavy atom. The molecule has 0 unspecified atom stereocenters. The molecule has 1 aromatic carbocycles. The number of carbonyl (C=O) groups excluding carboxylic acids is 1. The molecule has 1 saturated heterocycles. The fraction of sp³-hybridized carbons (Fsp3) is 0.471. The van der Waals surface area contributed by atoms with Crippen LogP contribution in [0.4, 0.5) is 0 Å². The summed E-state index contributed by atoms with van der Waals surface area (Å²) in [7, 11) is 0.830. The molecule has 0 saturated carbocycles. The summed E-state index contributed by atoms with van der Waals surface area (Å²) < 4.78 is 16.9. The second-order valence-corrected chi connectivity index (χ2v) is 6.59. The molecular weight excluding hydrogens is 293 g/mol. The zero-order valence-corrected chi connectivity index (χ0v) is 14.4. The number of methoxy groups -OCH3 is 1. The summed E-state index contributed by atoms with van der Waals surface area (Å²) in [5.41, 5.74) is 7.01. The zero-order chi connectivity index (χ0) is 17.3. The van der Waals surface area contributed by atoms with Crippen molar-refractivity contribution in [2.24, 2.45) is 5.73 Å². The molecule has 0 radical (unpaired) electrons. The lowest BCUT2D eigenvalue weighted by Crippen LogP contribution is -2.41. The Bertz CT molecular complexity index is 609. The fourth-order valence-electron chi connectivity index (χ4n) is 2.34. The number of hydrogen-bond acceptors (Lipinski definition) is 5. The highest BCUT2D eigenvalue weighted by atomic mass is 16.7. The third kappa shape index (κ3) is 3.49. The van der Waals surface area contributed by atoms with Gasteiger partial charge in [-0.3, -0.25) is 0 Å². The van der Waals surface area contributed by atoms with Crippen LogP contribution < -0.4 is 5.73 Å². The highest BCUT2D eigenvalue weighted by Gasteiger charge is 2.52. The smallest absolute Gasteiger partial charge is 0.465 e. The van der Waals surface area contributed by atoms with Crippen LogP contribution in [0.5, 0.6) is 0 Å². The van der Waals surface area contributed by atoms with Gasteiger partial charge < -0.3 is 19.8 Å². The van der Waals surface area contributed by atoms with Gasteiger partial charge in [-0.1, -0.05) is 24.3 Å². The zero-order valence-electron chi connectivity index (χ0n) is 14.4. The van der Waals surface area contributed by atoms with Crippen LogP contribution in [-0.2, 0) is 14.0 Å². The first-order valence-electron chi connectivity index (χ1n) is 7.65. The van der Waals surface area contributed by atoms with Crippen LogP contribution in [-0.4, -0.2) is 37.9 Å². The molecule has 2 N–H and O–H groups in total. The van der Waals surface area contributed by atoms with E-state index in [4.69, 9.17) is 19.8 Å². The average Bonchev–Trinajstić information content (AvgIpc) is 2.72. The molecule has 124 valence electrons. The van der Waals surface area contributed by atoms with E-state index < -0.39 is 18.3 Å². The lowest BCUT2D eigenvalue weighted by Gasteiger charge is -2.32. The monoisotopic (exact) mass is 317 g/mol. The van der Waals surface area contributed by atoms with Crippen LogP contribution in [0, 0.1) is 0 Å². The predicted octanol–water partition coefficient (Wildman–Crippen LogP) is 2.45.